The van der Waals surface area contributed by atoms with Gasteiger partial charge in [-0.25, -0.2) is 4.79 Å². The zero-order valence-corrected chi connectivity index (χ0v) is 13.5. The Bertz CT molecular complexity index is 283. The highest BCUT2D eigenvalue weighted by molar-refractivity contribution is 5.81. The fourth-order valence-electron chi connectivity index (χ4n) is 1.43. The van der Waals surface area contributed by atoms with E-state index in [0.717, 1.165) is 12.8 Å². The van der Waals surface area contributed by atoms with Gasteiger partial charge in [0.1, 0.15) is 24.4 Å². The molecule has 138 valence electrons. The van der Waals surface area contributed by atoms with E-state index in [2.05, 4.69) is 13.5 Å². The van der Waals surface area contributed by atoms with Gasteiger partial charge in [0.2, 0.25) is 0 Å². The van der Waals surface area contributed by atoms with Crippen LogP contribution in [0.15, 0.2) is 12.7 Å². The van der Waals surface area contributed by atoms with E-state index in [1.807, 2.05) is 0 Å². The van der Waals surface area contributed by atoms with Crippen molar-refractivity contribution in [3.05, 3.63) is 12.7 Å². The molecular weight excluding hydrogens is 308 g/mol. The predicted octanol–water partition coefficient (Wildman–Crippen LogP) is -1.29. The van der Waals surface area contributed by atoms with Crippen LogP contribution in [0.25, 0.3) is 0 Å². The average Bonchev–Trinajstić information content (AvgIpc) is 2.58. The van der Waals surface area contributed by atoms with Gasteiger partial charge in [0.15, 0.2) is 0 Å². The molecule has 8 heteroatoms. The van der Waals surface area contributed by atoms with Crippen LogP contribution in [-0.2, 0) is 9.53 Å². The van der Waals surface area contributed by atoms with Gasteiger partial charge >= 0.3 is 5.97 Å². The summed E-state index contributed by atoms with van der Waals surface area (Å²) in [6.07, 6.45) is -0.674. The zero-order chi connectivity index (χ0) is 18.3. The molecule has 0 spiro atoms. The maximum atomic E-state index is 10.5. The Balaban J connectivity index is 0. The third-order valence-electron chi connectivity index (χ3n) is 2.92. The summed E-state index contributed by atoms with van der Waals surface area (Å²) in [6.45, 7) is 4.53. The Hall–Kier alpha value is -1.03. The summed E-state index contributed by atoms with van der Waals surface area (Å²) in [4.78, 5) is 10.5. The Morgan fingerprint density at radius 1 is 1.00 bits per heavy atom. The second kappa shape index (κ2) is 15.9. The number of ether oxygens (including phenoxy) is 1. The number of aliphatic hydroxyl groups is 6. The van der Waals surface area contributed by atoms with E-state index in [1.54, 1.807) is 0 Å². The quantitative estimate of drug-likeness (QED) is 0.155. The smallest absolute Gasteiger partial charge is 0.330 e. The summed E-state index contributed by atoms with van der Waals surface area (Å²) in [6, 6.07) is 0. The van der Waals surface area contributed by atoms with Gasteiger partial charge in [-0.2, -0.15) is 0 Å². The number of esters is 1. The molecule has 0 aliphatic carbocycles. The van der Waals surface area contributed by atoms with Crippen LogP contribution in [0.2, 0.25) is 0 Å². The molecule has 0 fully saturated rings. The maximum absolute atomic E-state index is 10.5. The summed E-state index contributed by atoms with van der Waals surface area (Å²) in [5, 5.41) is 52.2. The van der Waals surface area contributed by atoms with Gasteiger partial charge in [0.25, 0.3) is 0 Å². The van der Waals surface area contributed by atoms with Crippen LogP contribution in [0.1, 0.15) is 32.6 Å². The largest absolute Gasteiger partial charge is 0.463 e. The van der Waals surface area contributed by atoms with Gasteiger partial charge in [-0.15, -0.1) is 0 Å². The molecule has 0 aliphatic heterocycles. The molecule has 23 heavy (non-hydrogen) atoms. The summed E-state index contributed by atoms with van der Waals surface area (Å²) < 4.78 is 4.78. The van der Waals surface area contributed by atoms with Crippen molar-refractivity contribution in [1.29, 1.82) is 0 Å². The summed E-state index contributed by atoms with van der Waals surface area (Å²) in [5.41, 5.74) is 0. The maximum Gasteiger partial charge on any atom is 0.330 e. The van der Waals surface area contributed by atoms with Crippen LogP contribution in [0.4, 0.5) is 0 Å². The second-order valence-electron chi connectivity index (χ2n) is 4.91. The number of unbranched alkanes of at least 4 members (excludes halogenated alkanes) is 3. The van der Waals surface area contributed by atoms with E-state index in [0.29, 0.717) is 6.61 Å². The highest BCUT2D eigenvalue weighted by atomic mass is 16.5. The van der Waals surface area contributed by atoms with Crippen LogP contribution in [-0.4, -0.2) is 80.8 Å². The Morgan fingerprint density at radius 3 is 1.83 bits per heavy atom. The minimum atomic E-state index is -1.67. The van der Waals surface area contributed by atoms with Crippen molar-refractivity contribution in [2.75, 3.05) is 19.8 Å². The zero-order valence-electron chi connectivity index (χ0n) is 13.5. The van der Waals surface area contributed by atoms with Crippen molar-refractivity contribution in [2.24, 2.45) is 0 Å². The first-order chi connectivity index (χ1) is 10.8. The van der Waals surface area contributed by atoms with E-state index in [4.69, 9.17) is 35.4 Å². The molecule has 0 rings (SSSR count). The van der Waals surface area contributed by atoms with Crippen LogP contribution >= 0.6 is 0 Å². The number of carbonyl (C=O) groups is 1. The third kappa shape index (κ3) is 13.1. The molecule has 4 atom stereocenters. The van der Waals surface area contributed by atoms with E-state index >= 15 is 0 Å². The van der Waals surface area contributed by atoms with Gasteiger partial charge in [-0.3, -0.25) is 0 Å². The SMILES string of the molecule is C=CC(=O)OCCCCCC.OCC(O)C(O)C(O)C(O)CO. The molecule has 0 aliphatic rings. The van der Waals surface area contributed by atoms with Gasteiger partial charge in [-0.05, 0) is 6.42 Å². The molecule has 0 saturated carbocycles. The highest BCUT2D eigenvalue weighted by Gasteiger charge is 2.29. The van der Waals surface area contributed by atoms with Crippen LogP contribution in [0.3, 0.4) is 0 Å². The fourth-order valence-corrected chi connectivity index (χ4v) is 1.43. The average molecular weight is 338 g/mol. The van der Waals surface area contributed by atoms with E-state index < -0.39 is 37.6 Å². The van der Waals surface area contributed by atoms with Crippen LogP contribution in [0.5, 0.6) is 0 Å². The van der Waals surface area contributed by atoms with Gasteiger partial charge in [0, 0.05) is 6.08 Å². The minimum absolute atomic E-state index is 0.318. The third-order valence-corrected chi connectivity index (χ3v) is 2.92. The van der Waals surface area contributed by atoms with Crippen molar-refractivity contribution in [3.8, 4) is 0 Å². The molecule has 4 unspecified atom stereocenters. The molecule has 8 nitrogen and oxygen atoms in total. The molecule has 0 aromatic carbocycles. The van der Waals surface area contributed by atoms with Crippen LogP contribution in [0, 0.1) is 0 Å². The molecule has 0 saturated heterocycles. The molecule has 0 amide bonds. The van der Waals surface area contributed by atoms with E-state index in [9.17, 15) is 4.79 Å². The van der Waals surface area contributed by atoms with E-state index in [1.165, 1.54) is 18.9 Å². The summed E-state index contributed by atoms with van der Waals surface area (Å²) >= 11 is 0. The van der Waals surface area contributed by atoms with Gasteiger partial charge in [-0.1, -0.05) is 32.8 Å². The first kappa shape index (κ1) is 24.2. The Kier molecular flexibility index (Phi) is 16.7. The number of hydrogen-bond donors (Lipinski definition) is 6. The fraction of sp³-hybridized carbons (Fsp3) is 0.800. The predicted molar refractivity (Wildman–Crippen MR) is 83.5 cm³/mol. The Morgan fingerprint density at radius 2 is 1.48 bits per heavy atom. The normalized spacial score (nSPS) is 15.6. The van der Waals surface area contributed by atoms with E-state index in [-0.39, 0.29) is 5.97 Å². The standard InChI is InChI=1S/C9H16O2.C6H14O6/c1-3-5-6-7-8-11-9(10)4-2;7-1-3(9)5(11)6(12)4(10)2-8/h4H,2-3,5-8H2,1H3;3-12H,1-2H2. The number of aliphatic hydroxyl groups excluding tert-OH is 6. The number of rotatable bonds is 11. The van der Waals surface area contributed by atoms with Crippen molar-refractivity contribution in [2.45, 2.75) is 57.0 Å². The van der Waals surface area contributed by atoms with Crippen molar-refractivity contribution < 1.29 is 40.2 Å². The lowest BCUT2D eigenvalue weighted by molar-refractivity contribution is -0.137. The first-order valence-corrected chi connectivity index (χ1v) is 7.58. The molecule has 0 aromatic heterocycles. The lowest BCUT2D eigenvalue weighted by Gasteiger charge is -2.24. The molecule has 0 radical (unpaired) electrons. The lowest BCUT2D eigenvalue weighted by atomic mass is 10.0. The van der Waals surface area contributed by atoms with Gasteiger partial charge in [0.05, 0.1) is 19.8 Å². The number of hydrogen-bond acceptors (Lipinski definition) is 8. The first-order valence-electron chi connectivity index (χ1n) is 7.58. The highest BCUT2D eigenvalue weighted by Crippen LogP contribution is 2.04. The Labute approximate surface area is 136 Å². The molecule has 0 heterocycles. The minimum Gasteiger partial charge on any atom is -0.463 e. The molecule has 0 aromatic rings. The lowest BCUT2D eigenvalue weighted by Crippen LogP contribution is -2.46. The second-order valence-corrected chi connectivity index (χ2v) is 4.91. The topological polar surface area (TPSA) is 148 Å². The number of carbonyl (C=O) groups excluding carboxylic acids is 1. The van der Waals surface area contributed by atoms with Gasteiger partial charge < -0.3 is 35.4 Å². The monoisotopic (exact) mass is 338 g/mol. The molecule has 0 bridgehead atoms. The van der Waals surface area contributed by atoms with Crippen molar-refractivity contribution >= 4 is 5.97 Å². The molecular formula is C15H30O8. The van der Waals surface area contributed by atoms with Crippen LogP contribution < -0.4 is 0 Å². The van der Waals surface area contributed by atoms with Crippen molar-refractivity contribution in [3.63, 3.8) is 0 Å². The van der Waals surface area contributed by atoms with Crippen molar-refractivity contribution in [1.82, 2.24) is 0 Å². The summed E-state index contributed by atoms with van der Waals surface area (Å²) in [5.74, 6) is -0.318. The summed E-state index contributed by atoms with van der Waals surface area (Å²) in [7, 11) is 0. The molecule has 6 N–H and O–H groups in total.